The van der Waals surface area contributed by atoms with Gasteiger partial charge >= 0.3 is 0 Å². The standard InChI is InChI=1S/C15H17N5O2/c1-8(2)14(22-7-21)11-4-10(15-17-19-20-18-15)5-12-13(11)9(3)6-16-12/h4-8,14,16H,1-3H3,(H,17,18,19,20). The summed E-state index contributed by atoms with van der Waals surface area (Å²) in [5, 5.41) is 15.0. The second-order valence-corrected chi connectivity index (χ2v) is 5.61. The molecule has 0 aliphatic rings. The molecule has 0 saturated carbocycles. The summed E-state index contributed by atoms with van der Waals surface area (Å²) in [4.78, 5) is 14.1. The van der Waals surface area contributed by atoms with Gasteiger partial charge in [-0.2, -0.15) is 0 Å². The summed E-state index contributed by atoms with van der Waals surface area (Å²) in [7, 11) is 0. The highest BCUT2D eigenvalue weighted by molar-refractivity contribution is 5.90. The van der Waals surface area contributed by atoms with Gasteiger partial charge in [0.05, 0.1) is 0 Å². The molecule has 0 amide bonds. The zero-order valence-electron chi connectivity index (χ0n) is 12.6. The summed E-state index contributed by atoms with van der Waals surface area (Å²) >= 11 is 0. The van der Waals surface area contributed by atoms with E-state index in [1.807, 2.05) is 39.1 Å². The van der Waals surface area contributed by atoms with Crippen LogP contribution in [0, 0.1) is 12.8 Å². The third-order valence-corrected chi connectivity index (χ3v) is 3.74. The van der Waals surface area contributed by atoms with E-state index >= 15 is 0 Å². The summed E-state index contributed by atoms with van der Waals surface area (Å²) in [5.41, 5.74) is 3.85. The Bertz CT molecular complexity index is 792. The molecule has 1 atom stereocenters. The minimum atomic E-state index is -0.328. The lowest BCUT2D eigenvalue weighted by Gasteiger charge is -2.21. The number of benzene rings is 1. The average molecular weight is 299 g/mol. The number of rotatable bonds is 5. The normalized spacial score (nSPS) is 12.7. The first-order chi connectivity index (χ1) is 10.6. The van der Waals surface area contributed by atoms with Gasteiger partial charge in [-0.3, -0.25) is 4.79 Å². The molecule has 0 bridgehead atoms. The molecule has 114 valence electrons. The first-order valence-electron chi connectivity index (χ1n) is 7.06. The number of aromatic amines is 2. The van der Waals surface area contributed by atoms with Crippen molar-refractivity contribution in [1.82, 2.24) is 25.6 Å². The lowest BCUT2D eigenvalue weighted by Crippen LogP contribution is -2.11. The molecule has 22 heavy (non-hydrogen) atoms. The van der Waals surface area contributed by atoms with Crippen LogP contribution < -0.4 is 0 Å². The van der Waals surface area contributed by atoms with Crippen LogP contribution in [0.1, 0.15) is 31.1 Å². The highest BCUT2D eigenvalue weighted by Gasteiger charge is 2.22. The molecular formula is C15H17N5O2. The van der Waals surface area contributed by atoms with Crippen LogP contribution in [0.15, 0.2) is 18.3 Å². The van der Waals surface area contributed by atoms with Crippen LogP contribution in [0.5, 0.6) is 0 Å². The van der Waals surface area contributed by atoms with Crippen molar-refractivity contribution in [3.63, 3.8) is 0 Å². The molecule has 0 fully saturated rings. The van der Waals surface area contributed by atoms with Crippen molar-refractivity contribution < 1.29 is 9.53 Å². The van der Waals surface area contributed by atoms with Crippen LogP contribution >= 0.6 is 0 Å². The fourth-order valence-corrected chi connectivity index (χ4v) is 2.77. The zero-order chi connectivity index (χ0) is 15.7. The van der Waals surface area contributed by atoms with Gasteiger partial charge < -0.3 is 9.72 Å². The van der Waals surface area contributed by atoms with Gasteiger partial charge in [-0.1, -0.05) is 13.8 Å². The van der Waals surface area contributed by atoms with Gasteiger partial charge in [-0.05, 0) is 41.0 Å². The van der Waals surface area contributed by atoms with Crippen molar-refractivity contribution in [2.24, 2.45) is 5.92 Å². The van der Waals surface area contributed by atoms with Gasteiger partial charge in [-0.25, -0.2) is 5.10 Å². The Morgan fingerprint density at radius 3 is 2.77 bits per heavy atom. The first-order valence-corrected chi connectivity index (χ1v) is 7.06. The molecule has 0 spiro atoms. The second kappa shape index (κ2) is 5.59. The Balaban J connectivity index is 2.25. The second-order valence-electron chi connectivity index (χ2n) is 5.61. The highest BCUT2D eigenvalue weighted by Crippen LogP contribution is 2.35. The fraction of sp³-hybridized carbons (Fsp3) is 0.333. The quantitative estimate of drug-likeness (QED) is 0.706. The number of ether oxygens (including phenoxy) is 1. The Labute approximate surface area is 127 Å². The SMILES string of the molecule is Cc1c[nH]c2cc(-c3nnn[nH]3)cc(C(OC=O)C(C)C)c12. The maximum Gasteiger partial charge on any atom is 0.293 e. The molecule has 0 saturated heterocycles. The molecule has 3 aromatic rings. The van der Waals surface area contributed by atoms with Crippen molar-refractivity contribution in [3.8, 4) is 11.4 Å². The number of fused-ring (bicyclic) bond motifs is 1. The van der Waals surface area contributed by atoms with E-state index in [-0.39, 0.29) is 12.0 Å². The molecule has 0 aliphatic carbocycles. The summed E-state index contributed by atoms with van der Waals surface area (Å²) in [6, 6.07) is 3.95. The van der Waals surface area contributed by atoms with Gasteiger partial charge in [-0.15, -0.1) is 5.10 Å². The number of carbonyl (C=O) groups excluding carboxylic acids is 1. The van der Waals surface area contributed by atoms with Gasteiger partial charge in [0, 0.05) is 28.2 Å². The number of aryl methyl sites for hydroxylation is 1. The van der Waals surface area contributed by atoms with E-state index < -0.39 is 0 Å². The molecule has 2 aromatic heterocycles. The average Bonchev–Trinajstić information content (AvgIpc) is 3.14. The number of H-pyrrole nitrogens is 2. The Hall–Kier alpha value is -2.70. The van der Waals surface area contributed by atoms with Crippen molar-refractivity contribution in [1.29, 1.82) is 0 Å². The van der Waals surface area contributed by atoms with E-state index in [2.05, 4.69) is 25.6 Å². The van der Waals surface area contributed by atoms with Crippen LogP contribution in [0.2, 0.25) is 0 Å². The number of nitrogens with one attached hydrogen (secondary N) is 2. The van der Waals surface area contributed by atoms with Crippen LogP contribution in [0.25, 0.3) is 22.3 Å². The minimum absolute atomic E-state index is 0.144. The number of carbonyl (C=O) groups is 1. The molecule has 2 heterocycles. The van der Waals surface area contributed by atoms with Gasteiger partial charge in [0.1, 0.15) is 6.10 Å². The van der Waals surface area contributed by atoms with E-state index in [0.717, 1.165) is 27.6 Å². The number of hydrogen-bond acceptors (Lipinski definition) is 5. The molecule has 2 N–H and O–H groups in total. The topological polar surface area (TPSA) is 96.6 Å². The number of hydrogen-bond donors (Lipinski definition) is 2. The maximum atomic E-state index is 10.9. The predicted molar refractivity (Wildman–Crippen MR) is 80.9 cm³/mol. The Kier molecular flexibility index (Phi) is 3.62. The van der Waals surface area contributed by atoms with Gasteiger partial charge in [0.2, 0.25) is 0 Å². The summed E-state index contributed by atoms with van der Waals surface area (Å²) < 4.78 is 5.34. The molecule has 1 unspecified atom stereocenters. The number of aromatic nitrogens is 5. The smallest absolute Gasteiger partial charge is 0.293 e. The molecule has 1 aromatic carbocycles. The third kappa shape index (κ3) is 2.34. The first kappa shape index (κ1) is 14.2. The van der Waals surface area contributed by atoms with Crippen LogP contribution in [0.3, 0.4) is 0 Å². The molecule has 3 rings (SSSR count). The molecule has 0 radical (unpaired) electrons. The monoisotopic (exact) mass is 299 g/mol. The highest BCUT2D eigenvalue weighted by atomic mass is 16.5. The van der Waals surface area contributed by atoms with Crippen molar-refractivity contribution in [3.05, 3.63) is 29.5 Å². The Morgan fingerprint density at radius 1 is 1.32 bits per heavy atom. The lowest BCUT2D eigenvalue weighted by atomic mass is 9.92. The van der Waals surface area contributed by atoms with E-state index in [1.54, 1.807) is 0 Å². The van der Waals surface area contributed by atoms with E-state index in [0.29, 0.717) is 12.3 Å². The summed E-state index contributed by atoms with van der Waals surface area (Å²) in [6.07, 6.45) is 1.61. The Morgan fingerprint density at radius 2 is 2.14 bits per heavy atom. The predicted octanol–water partition coefficient (Wildman–Crippen LogP) is 2.53. The number of tetrazole rings is 1. The zero-order valence-corrected chi connectivity index (χ0v) is 12.6. The van der Waals surface area contributed by atoms with Crippen LogP contribution in [-0.2, 0) is 9.53 Å². The largest absolute Gasteiger partial charge is 0.459 e. The number of nitrogens with zero attached hydrogens (tertiary/aromatic N) is 3. The van der Waals surface area contributed by atoms with E-state index in [4.69, 9.17) is 4.74 Å². The van der Waals surface area contributed by atoms with Crippen molar-refractivity contribution in [2.45, 2.75) is 26.9 Å². The summed E-state index contributed by atoms with van der Waals surface area (Å²) in [5.74, 6) is 0.717. The van der Waals surface area contributed by atoms with Crippen LogP contribution in [0.4, 0.5) is 0 Å². The van der Waals surface area contributed by atoms with Crippen molar-refractivity contribution >= 4 is 17.4 Å². The van der Waals surface area contributed by atoms with E-state index in [9.17, 15) is 4.79 Å². The maximum absolute atomic E-state index is 10.9. The van der Waals surface area contributed by atoms with Crippen LogP contribution in [-0.4, -0.2) is 32.1 Å². The van der Waals surface area contributed by atoms with Crippen molar-refractivity contribution in [2.75, 3.05) is 0 Å². The lowest BCUT2D eigenvalue weighted by molar-refractivity contribution is -0.135. The van der Waals surface area contributed by atoms with Gasteiger partial charge in [0.15, 0.2) is 5.82 Å². The fourth-order valence-electron chi connectivity index (χ4n) is 2.77. The van der Waals surface area contributed by atoms with Gasteiger partial charge in [0.25, 0.3) is 6.47 Å². The summed E-state index contributed by atoms with van der Waals surface area (Å²) in [6.45, 7) is 6.56. The third-order valence-electron chi connectivity index (χ3n) is 3.74. The minimum Gasteiger partial charge on any atom is -0.459 e. The molecule has 7 heteroatoms. The van der Waals surface area contributed by atoms with E-state index in [1.165, 1.54) is 0 Å². The molecule has 0 aliphatic heterocycles. The molecular weight excluding hydrogens is 282 g/mol. The molecule has 7 nitrogen and oxygen atoms in total.